The Morgan fingerprint density at radius 1 is 1.08 bits per heavy atom. The second-order valence-electron chi connectivity index (χ2n) is 9.16. The minimum atomic E-state index is -5.01. The molecule has 4 rings (SSSR count). The number of hydrogen-bond acceptors (Lipinski definition) is 6. The summed E-state index contributed by atoms with van der Waals surface area (Å²) >= 11 is 12.1. The molecular weight excluding hydrogens is 584 g/mol. The van der Waals surface area contributed by atoms with Crippen molar-refractivity contribution in [2.45, 2.75) is 49.7 Å². The van der Waals surface area contributed by atoms with Gasteiger partial charge >= 0.3 is 6.36 Å². The van der Waals surface area contributed by atoms with Gasteiger partial charge in [-0.25, -0.2) is 12.7 Å². The quantitative estimate of drug-likeness (QED) is 0.536. The van der Waals surface area contributed by atoms with E-state index in [-0.39, 0.29) is 12.2 Å². The van der Waals surface area contributed by atoms with Gasteiger partial charge in [0, 0.05) is 29.8 Å². The van der Waals surface area contributed by atoms with Crippen LogP contribution in [0.25, 0.3) is 0 Å². The molecule has 2 atom stereocenters. The van der Waals surface area contributed by atoms with Crippen molar-refractivity contribution in [1.29, 1.82) is 0 Å². The molecule has 2 amide bonds. The van der Waals surface area contributed by atoms with Gasteiger partial charge in [-0.05, 0) is 43.7 Å². The maximum absolute atomic E-state index is 13.8. The lowest BCUT2D eigenvalue weighted by molar-refractivity contribution is -0.274. The van der Waals surface area contributed by atoms with Crippen LogP contribution in [-0.4, -0.2) is 65.4 Å². The largest absolute Gasteiger partial charge is 0.573 e. The van der Waals surface area contributed by atoms with E-state index >= 15 is 0 Å². The van der Waals surface area contributed by atoms with Crippen LogP contribution in [0.4, 0.5) is 13.2 Å². The number of halogens is 5. The average molecular weight is 607 g/mol. The maximum atomic E-state index is 13.8. The van der Waals surface area contributed by atoms with E-state index in [2.05, 4.69) is 4.74 Å². The van der Waals surface area contributed by atoms with Crippen LogP contribution in [0.5, 0.6) is 5.75 Å². The zero-order chi connectivity index (χ0) is 28.9. The summed E-state index contributed by atoms with van der Waals surface area (Å²) < 4.78 is 70.1. The van der Waals surface area contributed by atoms with E-state index in [9.17, 15) is 31.2 Å². The van der Waals surface area contributed by atoms with Crippen LogP contribution in [0.15, 0.2) is 59.4 Å². The van der Waals surface area contributed by atoms with Crippen molar-refractivity contribution < 1.29 is 35.9 Å². The molecule has 0 saturated carbocycles. The molecule has 1 fully saturated rings. The molecule has 39 heavy (non-hydrogen) atoms. The van der Waals surface area contributed by atoms with Crippen LogP contribution in [-0.2, 0) is 26.0 Å². The van der Waals surface area contributed by atoms with E-state index in [0.717, 1.165) is 27.4 Å². The van der Waals surface area contributed by atoms with Crippen LogP contribution >= 0.6 is 23.2 Å². The molecule has 2 unspecified atom stereocenters. The Hall–Kier alpha value is -3.00. The van der Waals surface area contributed by atoms with Crippen LogP contribution in [0.1, 0.15) is 19.4 Å². The molecule has 1 saturated heterocycles. The lowest BCUT2D eigenvalue weighted by Gasteiger charge is -2.48. The molecule has 2 aliphatic rings. The highest BCUT2D eigenvalue weighted by Crippen LogP contribution is 2.37. The van der Waals surface area contributed by atoms with E-state index in [1.54, 1.807) is 38.1 Å². The number of hydrogen-bond donors (Lipinski definition) is 1. The highest BCUT2D eigenvalue weighted by atomic mass is 35.5. The Morgan fingerprint density at radius 2 is 1.72 bits per heavy atom. The molecule has 2 heterocycles. The van der Waals surface area contributed by atoms with Crippen molar-refractivity contribution >= 4 is 45.0 Å². The summed E-state index contributed by atoms with van der Waals surface area (Å²) in [6.45, 7) is 2.94. The topological polar surface area (TPSA) is 113 Å². The second kappa shape index (κ2) is 10.5. The maximum Gasteiger partial charge on any atom is 0.573 e. The van der Waals surface area contributed by atoms with Gasteiger partial charge in [-0.15, -0.1) is 13.2 Å². The van der Waals surface area contributed by atoms with Gasteiger partial charge in [0.05, 0.1) is 11.6 Å². The minimum Gasteiger partial charge on any atom is -0.406 e. The average Bonchev–Trinajstić information content (AvgIpc) is 2.82. The number of fused-ring (bicyclic) bond motifs is 1. The Labute approximate surface area is 232 Å². The van der Waals surface area contributed by atoms with Crippen molar-refractivity contribution in [2.75, 3.05) is 6.54 Å². The van der Waals surface area contributed by atoms with Crippen molar-refractivity contribution in [1.82, 2.24) is 14.1 Å². The predicted molar refractivity (Wildman–Crippen MR) is 136 cm³/mol. The molecule has 0 spiro atoms. The number of nitrogens with zero attached hydrogens (tertiary/aromatic N) is 3. The summed E-state index contributed by atoms with van der Waals surface area (Å²) in [5, 5.41) is -0.0744. The van der Waals surface area contributed by atoms with Gasteiger partial charge in [0.1, 0.15) is 28.5 Å². The number of sulfonamides is 1. The lowest BCUT2D eigenvalue weighted by atomic mass is 9.99. The smallest absolute Gasteiger partial charge is 0.406 e. The Morgan fingerprint density at radius 3 is 2.28 bits per heavy atom. The monoisotopic (exact) mass is 606 g/mol. The summed E-state index contributed by atoms with van der Waals surface area (Å²) in [5.74, 6) is -1.96. The van der Waals surface area contributed by atoms with Crippen molar-refractivity contribution in [2.24, 2.45) is 5.73 Å². The standard InChI is InChI=1S/C24H23Cl2F3N4O5S/c1-13(2)31-12-21-32(39(36,37)20-8-7-16(10-17(20)26)38-24(27,28)29)11-18(30)22(34)33(21)19(23(31)35)9-14-3-5-15(25)6-4-14/h3-8,10,12-13,18-19H,9,11,30H2,1-2H3. The number of rotatable bonds is 6. The molecule has 0 aliphatic carbocycles. The number of carbonyl (C=O) groups excluding carboxylic acids is 2. The molecule has 2 aromatic rings. The first-order valence-electron chi connectivity index (χ1n) is 11.6. The zero-order valence-corrected chi connectivity index (χ0v) is 22.9. The lowest BCUT2D eigenvalue weighted by Crippen LogP contribution is -2.66. The Balaban J connectivity index is 1.79. The second-order valence-corrected chi connectivity index (χ2v) is 11.8. The fraction of sp³-hybridized carbons (Fsp3) is 0.333. The minimum absolute atomic E-state index is 0.0349. The fourth-order valence-electron chi connectivity index (χ4n) is 4.33. The van der Waals surface area contributed by atoms with E-state index in [1.165, 1.54) is 11.1 Å². The van der Waals surface area contributed by atoms with Gasteiger partial charge in [-0.3, -0.25) is 14.5 Å². The Bertz CT molecular complexity index is 1430. The summed E-state index contributed by atoms with van der Waals surface area (Å²) in [6, 6.07) is 6.12. The molecule has 0 aromatic heterocycles. The van der Waals surface area contributed by atoms with Crippen LogP contribution in [0, 0.1) is 0 Å². The van der Waals surface area contributed by atoms with E-state index in [0.29, 0.717) is 10.6 Å². The number of nitrogens with two attached hydrogens (primary N) is 1. The Kier molecular flexibility index (Phi) is 7.83. The fourth-order valence-corrected chi connectivity index (χ4v) is 6.44. The van der Waals surface area contributed by atoms with Gasteiger partial charge in [0.25, 0.3) is 10.0 Å². The van der Waals surface area contributed by atoms with Crippen LogP contribution in [0.2, 0.25) is 10.0 Å². The number of carbonyl (C=O) groups is 2. The first-order valence-corrected chi connectivity index (χ1v) is 13.7. The first kappa shape index (κ1) is 29.0. The zero-order valence-electron chi connectivity index (χ0n) is 20.5. The highest BCUT2D eigenvalue weighted by Gasteiger charge is 2.49. The van der Waals surface area contributed by atoms with Gasteiger partial charge in [0.15, 0.2) is 0 Å². The summed E-state index contributed by atoms with van der Waals surface area (Å²) in [4.78, 5) is 28.6. The SMILES string of the molecule is CC(C)N1C=C2N(C(=O)C(N)CN2S(=O)(=O)c2ccc(OC(F)(F)F)cc2Cl)C(Cc2ccc(Cl)cc2)C1=O. The van der Waals surface area contributed by atoms with Gasteiger partial charge in [-0.2, -0.15) is 0 Å². The highest BCUT2D eigenvalue weighted by molar-refractivity contribution is 7.89. The van der Waals surface area contributed by atoms with E-state index in [1.807, 2.05) is 0 Å². The molecular formula is C24H23Cl2F3N4O5S. The normalized spacial score (nSPS) is 20.3. The molecule has 0 radical (unpaired) electrons. The third-order valence-electron chi connectivity index (χ3n) is 6.13. The molecule has 2 aliphatic heterocycles. The van der Waals surface area contributed by atoms with Gasteiger partial charge in [-0.1, -0.05) is 35.3 Å². The van der Waals surface area contributed by atoms with Crippen molar-refractivity contribution in [3.63, 3.8) is 0 Å². The molecule has 15 heteroatoms. The van der Waals surface area contributed by atoms with Crippen molar-refractivity contribution in [3.8, 4) is 5.75 Å². The van der Waals surface area contributed by atoms with Crippen LogP contribution < -0.4 is 10.5 Å². The van der Waals surface area contributed by atoms with Crippen LogP contribution in [0.3, 0.4) is 0 Å². The number of alkyl halides is 3. The number of ether oxygens (including phenoxy) is 1. The summed E-state index contributed by atoms with van der Waals surface area (Å²) in [6.07, 6.45) is -3.72. The molecule has 0 bridgehead atoms. The van der Waals surface area contributed by atoms with E-state index in [4.69, 9.17) is 28.9 Å². The summed E-state index contributed by atoms with van der Waals surface area (Å²) in [7, 11) is -4.58. The van der Waals surface area contributed by atoms with Gasteiger partial charge in [0.2, 0.25) is 11.8 Å². The summed E-state index contributed by atoms with van der Waals surface area (Å²) in [5.41, 5.74) is 6.71. The van der Waals surface area contributed by atoms with Gasteiger partial charge < -0.3 is 15.4 Å². The molecule has 2 aromatic carbocycles. The van der Waals surface area contributed by atoms with E-state index < -0.39 is 68.5 Å². The number of benzene rings is 2. The molecule has 9 nitrogen and oxygen atoms in total. The molecule has 2 N–H and O–H groups in total. The predicted octanol–water partition coefficient (Wildman–Crippen LogP) is 3.71. The van der Waals surface area contributed by atoms with Crippen molar-refractivity contribution in [3.05, 3.63) is 70.1 Å². The number of amides is 2. The first-order chi connectivity index (χ1) is 18.1. The third kappa shape index (κ3) is 5.81. The molecule has 210 valence electrons. The third-order valence-corrected chi connectivity index (χ3v) is 8.63.